The molecule has 0 saturated heterocycles. The lowest BCUT2D eigenvalue weighted by atomic mass is 9.85. The standard InChI is InChI=1S/C64H47N3/c1-63(2,3)39-25-27-55-46(31-39)48-28-37-17-11-13-21-43(37)59-52-35-56-47(34-57(52)66(55)62(48)59)50-32-40(64(4,5)6)33-51-49-29-36-16-10-12-20-42(36)58(61(49)67(56)60(50)51)38-24-26-54-45(30-38)44-22-14-15-23-53(44)65(54)41-18-8-7-9-19-41/h7-35H,1-6H3. The third-order valence-corrected chi connectivity index (χ3v) is 15.5. The molecule has 10 aromatic carbocycles. The molecule has 0 amide bonds. The Kier molecular flexibility index (Phi) is 6.97. The Bertz CT molecular complexity index is 4620. The van der Waals surface area contributed by atoms with E-state index in [1.54, 1.807) is 0 Å². The fraction of sp³-hybridized carbons (Fsp3) is 0.125. The zero-order valence-electron chi connectivity index (χ0n) is 38.6. The number of aromatic nitrogens is 3. The predicted octanol–water partition coefficient (Wildman–Crippen LogP) is 17.7. The van der Waals surface area contributed by atoms with Crippen molar-refractivity contribution in [2.75, 3.05) is 0 Å². The Morgan fingerprint density at radius 2 is 0.851 bits per heavy atom. The van der Waals surface area contributed by atoms with E-state index in [0.29, 0.717) is 0 Å². The molecule has 0 fully saturated rings. The largest absolute Gasteiger partial charge is 0.309 e. The van der Waals surface area contributed by atoms with Crippen molar-refractivity contribution in [3.63, 3.8) is 0 Å². The van der Waals surface area contributed by atoms with Crippen molar-refractivity contribution < 1.29 is 0 Å². The van der Waals surface area contributed by atoms with Crippen LogP contribution in [0.2, 0.25) is 0 Å². The second-order valence-electron chi connectivity index (χ2n) is 21.4. The van der Waals surface area contributed by atoms with Crippen molar-refractivity contribution in [1.29, 1.82) is 0 Å². The summed E-state index contributed by atoms with van der Waals surface area (Å²) in [7, 11) is 0. The van der Waals surface area contributed by atoms with Gasteiger partial charge in [0.25, 0.3) is 0 Å². The van der Waals surface area contributed by atoms with Gasteiger partial charge in [0.05, 0.1) is 44.1 Å². The van der Waals surface area contributed by atoms with Gasteiger partial charge in [0, 0.05) is 65.1 Å². The lowest BCUT2D eigenvalue weighted by Gasteiger charge is -2.19. The van der Waals surface area contributed by atoms with Gasteiger partial charge < -0.3 is 13.4 Å². The van der Waals surface area contributed by atoms with E-state index in [0.717, 1.165) is 0 Å². The zero-order chi connectivity index (χ0) is 44.8. The van der Waals surface area contributed by atoms with E-state index >= 15 is 0 Å². The van der Waals surface area contributed by atoms with Crippen molar-refractivity contribution in [1.82, 2.24) is 13.4 Å². The monoisotopic (exact) mass is 857 g/mol. The fourth-order valence-electron chi connectivity index (χ4n) is 12.3. The average molecular weight is 858 g/mol. The van der Waals surface area contributed by atoms with Crippen molar-refractivity contribution in [3.05, 3.63) is 187 Å². The molecule has 0 unspecified atom stereocenters. The van der Waals surface area contributed by atoms with E-state index in [9.17, 15) is 0 Å². The SMILES string of the molecule is CC(C)(C)c1ccc2c(c1)c1cc3ccccc3c3c4cc5c(cc4n2c13)c1cc(C(C)(C)C)cc2c3cc4ccccc4c(-c4ccc6c(c4)c4ccccc4n6-c4ccccc4)c3n5c12. The van der Waals surface area contributed by atoms with E-state index in [-0.39, 0.29) is 10.8 Å². The minimum Gasteiger partial charge on any atom is -0.309 e. The summed E-state index contributed by atoms with van der Waals surface area (Å²) in [4.78, 5) is 0. The smallest absolute Gasteiger partial charge is 0.0626 e. The highest BCUT2D eigenvalue weighted by Crippen LogP contribution is 2.51. The van der Waals surface area contributed by atoms with Crippen LogP contribution in [0.5, 0.6) is 0 Å². The third-order valence-electron chi connectivity index (χ3n) is 15.5. The van der Waals surface area contributed by atoms with E-state index in [4.69, 9.17) is 0 Å². The Balaban J connectivity index is 1.14. The summed E-state index contributed by atoms with van der Waals surface area (Å²) in [6, 6.07) is 67.2. The van der Waals surface area contributed by atoms with Gasteiger partial charge in [-0.25, -0.2) is 0 Å². The van der Waals surface area contributed by atoms with Gasteiger partial charge in [-0.05, 0) is 128 Å². The number of rotatable bonds is 2. The molecule has 318 valence electrons. The molecule has 0 radical (unpaired) electrons. The number of benzene rings is 10. The molecule has 5 heterocycles. The van der Waals surface area contributed by atoms with Gasteiger partial charge in [0.15, 0.2) is 0 Å². The first-order chi connectivity index (χ1) is 32.5. The van der Waals surface area contributed by atoms with E-state index in [1.165, 1.54) is 147 Å². The Morgan fingerprint density at radius 1 is 0.313 bits per heavy atom. The summed E-state index contributed by atoms with van der Waals surface area (Å²) in [6.07, 6.45) is 0. The number of hydrogen-bond donors (Lipinski definition) is 0. The molecule has 3 nitrogen and oxygen atoms in total. The Labute approximate surface area is 387 Å². The van der Waals surface area contributed by atoms with Crippen molar-refractivity contribution in [3.8, 4) is 16.8 Å². The van der Waals surface area contributed by atoms with Gasteiger partial charge in [-0.1, -0.05) is 139 Å². The van der Waals surface area contributed by atoms with Crippen LogP contribution in [0.25, 0.3) is 136 Å². The van der Waals surface area contributed by atoms with Gasteiger partial charge in [-0.3, -0.25) is 0 Å². The van der Waals surface area contributed by atoms with Crippen molar-refractivity contribution in [2.45, 2.75) is 52.4 Å². The molecule has 15 aromatic rings. The molecule has 0 N–H and O–H groups in total. The first kappa shape index (κ1) is 37.4. The van der Waals surface area contributed by atoms with E-state index in [1.807, 2.05) is 0 Å². The summed E-state index contributed by atoms with van der Waals surface area (Å²) in [5.41, 5.74) is 16.5. The second-order valence-corrected chi connectivity index (χ2v) is 21.4. The molecule has 67 heavy (non-hydrogen) atoms. The summed E-state index contributed by atoms with van der Waals surface area (Å²) in [6.45, 7) is 14.0. The average Bonchev–Trinajstić information content (AvgIpc) is 4.12. The second kappa shape index (κ2) is 12.5. The van der Waals surface area contributed by atoms with Crippen molar-refractivity contribution >= 4 is 120 Å². The maximum absolute atomic E-state index is 2.66. The third kappa shape index (κ3) is 4.81. The number of nitrogens with zero attached hydrogens (tertiary/aromatic N) is 3. The summed E-state index contributed by atoms with van der Waals surface area (Å²) >= 11 is 0. The summed E-state index contributed by atoms with van der Waals surface area (Å²) < 4.78 is 7.67. The number of para-hydroxylation sites is 2. The van der Waals surface area contributed by atoms with E-state index < -0.39 is 0 Å². The van der Waals surface area contributed by atoms with Crippen LogP contribution in [0, 0.1) is 0 Å². The first-order valence-corrected chi connectivity index (χ1v) is 23.8. The van der Waals surface area contributed by atoms with Gasteiger partial charge in [-0.2, -0.15) is 0 Å². The van der Waals surface area contributed by atoms with Gasteiger partial charge in [-0.15, -0.1) is 0 Å². The highest BCUT2D eigenvalue weighted by Gasteiger charge is 2.28. The molecule has 3 heteroatoms. The number of fused-ring (bicyclic) bond motifs is 18. The number of hydrogen-bond acceptors (Lipinski definition) is 0. The molecule has 5 aromatic heterocycles. The van der Waals surface area contributed by atoms with Gasteiger partial charge >= 0.3 is 0 Å². The summed E-state index contributed by atoms with van der Waals surface area (Å²) in [5, 5.41) is 18.1. The van der Waals surface area contributed by atoms with Crippen LogP contribution in [-0.4, -0.2) is 13.4 Å². The van der Waals surface area contributed by atoms with Gasteiger partial charge in [0.1, 0.15) is 0 Å². The zero-order valence-corrected chi connectivity index (χ0v) is 38.6. The van der Waals surface area contributed by atoms with Crippen LogP contribution in [0.15, 0.2) is 176 Å². The van der Waals surface area contributed by atoms with Crippen LogP contribution in [-0.2, 0) is 10.8 Å². The van der Waals surface area contributed by atoms with E-state index in [2.05, 4.69) is 231 Å². The van der Waals surface area contributed by atoms with Gasteiger partial charge in [0.2, 0.25) is 0 Å². The molecule has 0 saturated carbocycles. The normalized spacial score (nSPS) is 13.2. The maximum atomic E-state index is 2.66. The molecule has 0 bridgehead atoms. The Hall–Kier alpha value is -7.88. The maximum Gasteiger partial charge on any atom is 0.0626 e. The fourth-order valence-corrected chi connectivity index (χ4v) is 12.3. The Morgan fingerprint density at radius 3 is 1.61 bits per heavy atom. The highest BCUT2D eigenvalue weighted by atomic mass is 15.0. The van der Waals surface area contributed by atoms with Crippen LogP contribution in [0.4, 0.5) is 0 Å². The molecule has 0 aliphatic rings. The molecule has 0 aliphatic heterocycles. The molecule has 0 spiro atoms. The lowest BCUT2D eigenvalue weighted by molar-refractivity contribution is 0.591. The molecular weight excluding hydrogens is 811 g/mol. The molecular formula is C64H47N3. The van der Waals surface area contributed by atoms with Crippen LogP contribution < -0.4 is 0 Å². The minimum absolute atomic E-state index is 0.0435. The topological polar surface area (TPSA) is 13.8 Å². The van der Waals surface area contributed by atoms with Crippen LogP contribution >= 0.6 is 0 Å². The minimum atomic E-state index is -0.0566. The quantitative estimate of drug-likeness (QED) is 0.164. The predicted molar refractivity (Wildman–Crippen MR) is 288 cm³/mol. The van der Waals surface area contributed by atoms with Crippen molar-refractivity contribution in [2.24, 2.45) is 0 Å². The molecule has 0 aliphatic carbocycles. The molecule has 15 rings (SSSR count). The van der Waals surface area contributed by atoms with Crippen LogP contribution in [0.1, 0.15) is 52.7 Å². The lowest BCUT2D eigenvalue weighted by Crippen LogP contribution is -2.10. The highest BCUT2D eigenvalue weighted by molar-refractivity contribution is 6.35. The first-order valence-electron chi connectivity index (χ1n) is 23.8. The summed E-state index contributed by atoms with van der Waals surface area (Å²) in [5.74, 6) is 0. The van der Waals surface area contributed by atoms with Crippen LogP contribution in [0.3, 0.4) is 0 Å². The molecule has 0 atom stereocenters.